The largest absolute Gasteiger partial charge is 0.354 e. The number of nitrogens with one attached hydrogen (secondary N) is 2. The van der Waals surface area contributed by atoms with Crippen LogP contribution in [0.4, 0.5) is 0 Å². The predicted molar refractivity (Wildman–Crippen MR) is 246 cm³/mol. The van der Waals surface area contributed by atoms with E-state index in [1.807, 2.05) is 60.7 Å². The molecule has 0 atom stereocenters. The molecule has 0 amide bonds. The quantitative estimate of drug-likeness (QED) is 0.173. The molecule has 5 heterocycles. The maximum absolute atomic E-state index is 6.97. The lowest BCUT2D eigenvalue weighted by molar-refractivity contribution is 1.28. The van der Waals surface area contributed by atoms with Crippen molar-refractivity contribution in [3.8, 4) is 44.5 Å². The Kier molecular flexibility index (Phi) is 9.70. The van der Waals surface area contributed by atoms with Crippen molar-refractivity contribution in [2.24, 2.45) is 0 Å². The number of aromatic nitrogens is 4. The van der Waals surface area contributed by atoms with Gasteiger partial charge in [0.2, 0.25) is 0 Å². The maximum Gasteiger partial charge on any atom is 0.0739 e. The number of H-pyrrole nitrogens is 2. The zero-order valence-corrected chi connectivity index (χ0v) is 35.2. The molecule has 54 heavy (non-hydrogen) atoms. The molecule has 2 aliphatic heterocycles. The van der Waals surface area contributed by atoms with E-state index < -0.39 is 0 Å². The fourth-order valence-electron chi connectivity index (χ4n) is 7.05. The summed E-state index contributed by atoms with van der Waals surface area (Å²) in [6.07, 6.45) is 8.08. The molecule has 7 aromatic rings. The third-order valence-corrected chi connectivity index (χ3v) is 12.1. The second kappa shape index (κ2) is 14.6. The van der Waals surface area contributed by atoms with E-state index in [2.05, 4.69) is 128 Å². The molecular formula is C44H24Cl4I2N4. The number of fused-ring (bicyclic) bond motifs is 8. The molecule has 262 valence electrons. The first-order valence-corrected chi connectivity index (χ1v) is 20.5. The van der Waals surface area contributed by atoms with Crippen molar-refractivity contribution in [2.45, 2.75) is 0 Å². The van der Waals surface area contributed by atoms with Gasteiger partial charge in [0.05, 0.1) is 42.9 Å². The van der Waals surface area contributed by atoms with Crippen molar-refractivity contribution in [2.75, 3.05) is 0 Å². The van der Waals surface area contributed by atoms with E-state index in [-0.39, 0.29) is 0 Å². The fraction of sp³-hybridized carbons (Fsp3) is 0. The highest BCUT2D eigenvalue weighted by Gasteiger charge is 2.22. The van der Waals surface area contributed by atoms with Gasteiger partial charge in [-0.25, -0.2) is 9.97 Å². The minimum absolute atomic E-state index is 0.508. The first-order valence-electron chi connectivity index (χ1n) is 16.8. The number of nitrogens with zero attached hydrogens (tertiary/aromatic N) is 2. The Labute approximate surface area is 358 Å². The molecule has 2 N–H and O–H groups in total. The van der Waals surface area contributed by atoms with Crippen molar-refractivity contribution in [1.29, 1.82) is 0 Å². The molecule has 2 aliphatic rings. The number of hydrogen-bond acceptors (Lipinski definition) is 2. The summed E-state index contributed by atoms with van der Waals surface area (Å²) in [7, 11) is 0. The highest BCUT2D eigenvalue weighted by atomic mass is 127. The fourth-order valence-corrected chi connectivity index (χ4v) is 8.94. The van der Waals surface area contributed by atoms with Crippen LogP contribution < -0.4 is 0 Å². The lowest BCUT2D eigenvalue weighted by Crippen LogP contribution is -1.92. The van der Waals surface area contributed by atoms with Crippen molar-refractivity contribution in [1.82, 2.24) is 19.9 Å². The Morgan fingerprint density at radius 2 is 0.667 bits per heavy atom. The molecule has 0 unspecified atom stereocenters. The predicted octanol–water partition coefficient (Wildman–Crippen LogP) is 15.1. The molecule has 0 fully saturated rings. The van der Waals surface area contributed by atoms with Crippen LogP contribution >= 0.6 is 91.6 Å². The molecule has 0 spiro atoms. The molecule has 4 nitrogen and oxygen atoms in total. The van der Waals surface area contributed by atoms with Gasteiger partial charge in [0, 0.05) is 62.6 Å². The number of aromatic amines is 2. The first-order chi connectivity index (χ1) is 26.2. The summed E-state index contributed by atoms with van der Waals surface area (Å²) in [5.41, 5.74) is 13.1. The van der Waals surface area contributed by atoms with Gasteiger partial charge in [0.15, 0.2) is 0 Å². The Balaban J connectivity index is 1.51. The summed E-state index contributed by atoms with van der Waals surface area (Å²) in [6.45, 7) is 0. The number of benzene rings is 4. The Morgan fingerprint density at radius 1 is 0.352 bits per heavy atom. The summed E-state index contributed by atoms with van der Waals surface area (Å²) in [4.78, 5) is 18.1. The van der Waals surface area contributed by atoms with Crippen molar-refractivity contribution >= 4 is 138 Å². The third kappa shape index (κ3) is 6.50. The van der Waals surface area contributed by atoms with Crippen LogP contribution in [0.15, 0.2) is 109 Å². The van der Waals surface area contributed by atoms with Crippen LogP contribution in [0.1, 0.15) is 22.8 Å². The molecule has 0 radical (unpaired) electrons. The summed E-state index contributed by atoms with van der Waals surface area (Å²) < 4.78 is 2.26. The van der Waals surface area contributed by atoms with Gasteiger partial charge in [0.25, 0.3) is 0 Å². The van der Waals surface area contributed by atoms with Crippen LogP contribution in [0, 0.1) is 7.14 Å². The van der Waals surface area contributed by atoms with Gasteiger partial charge in [-0.05, 0) is 153 Å². The molecule has 8 bridgehead atoms. The highest BCUT2D eigenvalue weighted by molar-refractivity contribution is 14.1. The monoisotopic (exact) mass is 1000 g/mol. The van der Waals surface area contributed by atoms with Crippen LogP contribution in [-0.4, -0.2) is 19.9 Å². The van der Waals surface area contributed by atoms with Crippen molar-refractivity contribution in [3.05, 3.63) is 159 Å². The molecule has 0 saturated carbocycles. The number of rotatable bonds is 4. The average molecular weight is 1000 g/mol. The molecule has 10 heteroatoms. The van der Waals surface area contributed by atoms with Gasteiger partial charge in [0.1, 0.15) is 0 Å². The van der Waals surface area contributed by atoms with Gasteiger partial charge < -0.3 is 9.97 Å². The van der Waals surface area contributed by atoms with Crippen molar-refractivity contribution in [3.63, 3.8) is 0 Å². The molecule has 3 aromatic heterocycles. The normalized spacial score (nSPS) is 12.1. The van der Waals surface area contributed by atoms with Gasteiger partial charge in [-0.1, -0.05) is 82.8 Å². The van der Waals surface area contributed by atoms with Crippen LogP contribution in [0.25, 0.3) is 90.9 Å². The van der Waals surface area contributed by atoms with Gasteiger partial charge in [-0.15, -0.1) is 0 Å². The van der Waals surface area contributed by atoms with Gasteiger partial charge >= 0.3 is 0 Å². The summed E-state index contributed by atoms with van der Waals surface area (Å²) in [5, 5.41) is 2.09. The average Bonchev–Trinajstić information content (AvgIpc) is 3.99. The summed E-state index contributed by atoms with van der Waals surface area (Å²) in [6, 6.07) is 36.2. The van der Waals surface area contributed by atoms with E-state index in [1.54, 1.807) is 0 Å². The molecule has 9 rings (SSSR count). The van der Waals surface area contributed by atoms with E-state index >= 15 is 0 Å². The SMILES string of the molecule is Clc1cccc(Cl)c1-c1c2nc(c(-c3ccc(I)cc3)c3ccc([nH]3)c(-c3c(Cl)cccc3Cl)c3ccc([nH]3)c(-c3ccc(I)cc3)c3nc1C=C3)C=C2. The van der Waals surface area contributed by atoms with E-state index in [0.717, 1.165) is 74.0 Å². The van der Waals surface area contributed by atoms with Gasteiger partial charge in [-0.2, -0.15) is 0 Å². The zero-order valence-electron chi connectivity index (χ0n) is 27.9. The molecular weight excluding hydrogens is 980 g/mol. The minimum Gasteiger partial charge on any atom is -0.354 e. The van der Waals surface area contributed by atoms with E-state index in [0.29, 0.717) is 42.6 Å². The lowest BCUT2D eigenvalue weighted by Gasteiger charge is -2.10. The van der Waals surface area contributed by atoms with E-state index in [9.17, 15) is 0 Å². The first kappa shape index (κ1) is 35.8. The Morgan fingerprint density at radius 3 is 1.04 bits per heavy atom. The van der Waals surface area contributed by atoms with Crippen LogP contribution in [-0.2, 0) is 0 Å². The Bertz CT molecular complexity index is 2710. The number of hydrogen-bond donors (Lipinski definition) is 2. The minimum atomic E-state index is 0.508. The van der Waals surface area contributed by atoms with Crippen LogP contribution in [0.5, 0.6) is 0 Å². The van der Waals surface area contributed by atoms with Gasteiger partial charge in [-0.3, -0.25) is 0 Å². The smallest absolute Gasteiger partial charge is 0.0739 e. The zero-order chi connectivity index (χ0) is 37.1. The third-order valence-electron chi connectivity index (χ3n) is 9.45. The summed E-state index contributed by atoms with van der Waals surface area (Å²) in [5.74, 6) is 0. The van der Waals surface area contributed by atoms with E-state index in [4.69, 9.17) is 56.4 Å². The number of halogens is 6. The maximum atomic E-state index is 6.97. The highest BCUT2D eigenvalue weighted by Crippen LogP contribution is 2.43. The molecule has 0 saturated heterocycles. The van der Waals surface area contributed by atoms with Crippen LogP contribution in [0.3, 0.4) is 0 Å². The van der Waals surface area contributed by atoms with E-state index in [1.165, 1.54) is 0 Å². The second-order valence-corrected chi connectivity index (χ2v) is 16.8. The molecule has 0 aliphatic carbocycles. The Hall–Kier alpha value is -3.90. The topological polar surface area (TPSA) is 57.4 Å². The lowest BCUT2D eigenvalue weighted by atomic mass is 10.0. The standard InChI is InChI=1S/C44H24Cl4I2N4/c45-27-3-1-4-28(46)41(27)43-35-19-15-31(51-35)39(23-7-11-25(49)12-8-23)33-17-21-37(53-33)44(42-29(47)5-2-6-30(42)48)38-22-18-34(54-38)40(32-16-20-36(43)52-32)24-9-13-26(50)14-10-24/h1-22,51-52H. The molecule has 4 aromatic carbocycles. The second-order valence-electron chi connectivity index (χ2n) is 12.7. The summed E-state index contributed by atoms with van der Waals surface area (Å²) >= 11 is 32.5. The van der Waals surface area contributed by atoms with Crippen LogP contribution in [0.2, 0.25) is 20.1 Å². The van der Waals surface area contributed by atoms with Crippen molar-refractivity contribution < 1.29 is 0 Å².